The van der Waals surface area contributed by atoms with Crippen molar-refractivity contribution < 1.29 is 17.6 Å². The van der Waals surface area contributed by atoms with Gasteiger partial charge in [-0.2, -0.15) is 0 Å². The fourth-order valence-corrected chi connectivity index (χ4v) is 2.99. The van der Waals surface area contributed by atoms with E-state index in [9.17, 15) is 17.6 Å². The number of amides is 1. The normalized spacial score (nSPS) is 11.5. The molecular weight excluding hydrogens is 335 g/mol. The van der Waals surface area contributed by atoms with Gasteiger partial charge in [-0.3, -0.25) is 10.2 Å². The summed E-state index contributed by atoms with van der Waals surface area (Å²) in [5.74, 6) is -1.12. The predicted molar refractivity (Wildman–Crippen MR) is 84.6 cm³/mol. The summed E-state index contributed by atoms with van der Waals surface area (Å²) in [6.07, 6.45) is 1.50. The van der Waals surface area contributed by atoms with Gasteiger partial charge in [0.2, 0.25) is 0 Å². The van der Waals surface area contributed by atoms with E-state index in [1.807, 2.05) is 17.0 Å². The van der Waals surface area contributed by atoms with Gasteiger partial charge in [0.15, 0.2) is 0 Å². The Morgan fingerprint density at radius 2 is 1.83 bits per heavy atom. The minimum absolute atomic E-state index is 0.105. The highest BCUT2D eigenvalue weighted by Gasteiger charge is 2.15. The third kappa shape index (κ3) is 3.42. The molecule has 124 valence electrons. The summed E-state index contributed by atoms with van der Waals surface area (Å²) < 4.78 is 38.4. The zero-order valence-corrected chi connectivity index (χ0v) is 13.1. The topological polar surface area (TPSA) is 93.1 Å². The van der Waals surface area contributed by atoms with Crippen LogP contribution in [0, 0.1) is 5.82 Å². The zero-order chi connectivity index (χ0) is 17.2. The van der Waals surface area contributed by atoms with E-state index in [0.29, 0.717) is 0 Å². The number of benzene rings is 2. The molecule has 1 aromatic heterocycles. The molecule has 9 heteroatoms. The molecule has 3 aromatic rings. The molecule has 0 spiro atoms. The van der Waals surface area contributed by atoms with Crippen LogP contribution in [0.1, 0.15) is 0 Å². The summed E-state index contributed by atoms with van der Waals surface area (Å²) in [5, 5.41) is 0. The molecule has 0 bridgehead atoms. The predicted octanol–water partition coefficient (Wildman–Crippen LogP) is 1.19. The van der Waals surface area contributed by atoms with Gasteiger partial charge >= 0.3 is 0 Å². The number of rotatable bonds is 5. The van der Waals surface area contributed by atoms with Gasteiger partial charge in [-0.25, -0.2) is 17.8 Å². The molecule has 0 saturated carbocycles. The number of halogens is 1. The van der Waals surface area contributed by atoms with Gasteiger partial charge in [0.1, 0.15) is 12.4 Å². The number of carbonyl (C=O) groups is 1. The van der Waals surface area contributed by atoms with Crippen LogP contribution in [0.4, 0.5) is 4.39 Å². The summed E-state index contributed by atoms with van der Waals surface area (Å²) in [5.41, 5.74) is 3.61. The molecule has 0 radical (unpaired) electrons. The maximum atomic E-state index is 12.8. The van der Waals surface area contributed by atoms with E-state index in [1.54, 1.807) is 16.7 Å². The molecule has 0 aliphatic carbocycles. The summed E-state index contributed by atoms with van der Waals surface area (Å²) in [6.45, 7) is -0.105. The third-order valence-corrected chi connectivity index (χ3v) is 4.55. The van der Waals surface area contributed by atoms with E-state index in [4.69, 9.17) is 0 Å². The molecule has 24 heavy (non-hydrogen) atoms. The van der Waals surface area contributed by atoms with Crippen LogP contribution in [0.2, 0.25) is 0 Å². The van der Waals surface area contributed by atoms with E-state index in [-0.39, 0.29) is 11.4 Å². The first kappa shape index (κ1) is 16.1. The van der Waals surface area contributed by atoms with E-state index in [0.717, 1.165) is 35.3 Å². The van der Waals surface area contributed by atoms with E-state index in [1.165, 1.54) is 6.33 Å². The second-order valence-electron chi connectivity index (χ2n) is 4.97. The number of nitrogens with one attached hydrogen (secondary N) is 2. The minimum atomic E-state index is -3.97. The molecular formula is C15H13FN4O3S. The standard InChI is InChI=1S/C15H13FN4O3S/c16-11-5-7-12(8-6-11)24(22,23)19-18-15(21)9-20-10-17-13-3-1-2-4-14(13)20/h1-8,10,19H,9H2,(H,18,21). The average molecular weight is 348 g/mol. The second-order valence-corrected chi connectivity index (χ2v) is 6.65. The molecule has 0 atom stereocenters. The van der Waals surface area contributed by atoms with Gasteiger partial charge < -0.3 is 4.57 Å². The minimum Gasteiger partial charge on any atom is -0.321 e. The Labute approximate surface area is 137 Å². The first-order valence-corrected chi connectivity index (χ1v) is 8.40. The Hall–Kier alpha value is -2.78. The number of nitrogens with zero attached hydrogens (tertiary/aromatic N) is 2. The maximum absolute atomic E-state index is 12.8. The average Bonchev–Trinajstić information content (AvgIpc) is 2.97. The first-order chi connectivity index (χ1) is 11.5. The molecule has 1 amide bonds. The van der Waals surface area contributed by atoms with Crippen molar-refractivity contribution in [1.29, 1.82) is 0 Å². The van der Waals surface area contributed by atoms with E-state index in [2.05, 4.69) is 10.4 Å². The smallest absolute Gasteiger partial charge is 0.257 e. The number of para-hydroxylation sites is 2. The van der Waals surface area contributed by atoms with Crippen LogP contribution in [-0.4, -0.2) is 23.9 Å². The summed E-state index contributed by atoms with van der Waals surface area (Å²) in [7, 11) is -3.97. The van der Waals surface area contributed by atoms with Crippen molar-refractivity contribution in [2.75, 3.05) is 0 Å². The lowest BCUT2D eigenvalue weighted by molar-refractivity contribution is -0.122. The highest BCUT2D eigenvalue weighted by Crippen LogP contribution is 2.11. The lowest BCUT2D eigenvalue weighted by atomic mass is 10.3. The number of imidazole rings is 1. The Bertz CT molecular complexity index is 983. The van der Waals surface area contributed by atoms with Crippen LogP contribution in [-0.2, 0) is 21.4 Å². The SMILES string of the molecule is O=C(Cn1cnc2ccccc21)NNS(=O)(=O)c1ccc(F)cc1. The molecule has 7 nitrogen and oxygen atoms in total. The van der Waals surface area contributed by atoms with E-state index >= 15 is 0 Å². The number of aromatic nitrogens is 2. The Morgan fingerprint density at radius 1 is 1.12 bits per heavy atom. The molecule has 0 fully saturated rings. The largest absolute Gasteiger partial charge is 0.321 e. The van der Waals surface area contributed by atoms with Crippen LogP contribution in [0.3, 0.4) is 0 Å². The molecule has 1 heterocycles. The van der Waals surface area contributed by atoms with Crippen molar-refractivity contribution in [3.63, 3.8) is 0 Å². The number of sulfonamides is 1. The van der Waals surface area contributed by atoms with Gasteiger partial charge in [0.25, 0.3) is 15.9 Å². The van der Waals surface area contributed by atoms with Crippen LogP contribution in [0.25, 0.3) is 11.0 Å². The maximum Gasteiger partial charge on any atom is 0.257 e. The first-order valence-electron chi connectivity index (χ1n) is 6.92. The number of hydrogen-bond donors (Lipinski definition) is 2. The van der Waals surface area contributed by atoms with E-state index < -0.39 is 21.7 Å². The summed E-state index contributed by atoms with van der Waals surface area (Å²) in [4.78, 5) is 17.9. The Kier molecular flexibility index (Phi) is 4.28. The fourth-order valence-electron chi connectivity index (χ4n) is 2.13. The van der Waals surface area contributed by atoms with Crippen LogP contribution in [0.5, 0.6) is 0 Å². The molecule has 2 N–H and O–H groups in total. The molecule has 2 aromatic carbocycles. The second kappa shape index (κ2) is 6.38. The monoisotopic (exact) mass is 348 g/mol. The lowest BCUT2D eigenvalue weighted by Gasteiger charge is -2.09. The Balaban J connectivity index is 1.66. The Morgan fingerprint density at radius 3 is 2.58 bits per heavy atom. The number of hydrogen-bond acceptors (Lipinski definition) is 4. The van der Waals surface area contributed by atoms with Gasteiger partial charge in [0, 0.05) is 0 Å². The fraction of sp³-hybridized carbons (Fsp3) is 0.0667. The molecule has 0 unspecified atom stereocenters. The highest BCUT2D eigenvalue weighted by atomic mass is 32.2. The third-order valence-electron chi connectivity index (χ3n) is 3.29. The van der Waals surface area contributed by atoms with Crippen molar-refractivity contribution in [2.45, 2.75) is 11.4 Å². The zero-order valence-electron chi connectivity index (χ0n) is 12.3. The number of hydrazine groups is 1. The molecule has 0 saturated heterocycles. The number of fused-ring (bicyclic) bond motifs is 1. The van der Waals surface area contributed by atoms with Crippen molar-refractivity contribution in [3.8, 4) is 0 Å². The van der Waals surface area contributed by atoms with Crippen molar-refractivity contribution in [3.05, 3.63) is 60.7 Å². The molecule has 3 rings (SSSR count). The molecule has 0 aliphatic rings. The van der Waals surface area contributed by atoms with Gasteiger partial charge in [-0.05, 0) is 36.4 Å². The highest BCUT2D eigenvalue weighted by molar-refractivity contribution is 7.89. The van der Waals surface area contributed by atoms with Gasteiger partial charge in [-0.15, -0.1) is 4.83 Å². The van der Waals surface area contributed by atoms with Crippen LogP contribution >= 0.6 is 0 Å². The lowest BCUT2D eigenvalue weighted by Crippen LogP contribution is -2.43. The summed E-state index contributed by atoms with van der Waals surface area (Å²) >= 11 is 0. The van der Waals surface area contributed by atoms with Crippen molar-refractivity contribution in [1.82, 2.24) is 19.8 Å². The van der Waals surface area contributed by atoms with Crippen molar-refractivity contribution >= 4 is 27.0 Å². The quantitative estimate of drug-likeness (QED) is 0.677. The van der Waals surface area contributed by atoms with Crippen molar-refractivity contribution in [2.24, 2.45) is 0 Å². The van der Waals surface area contributed by atoms with Gasteiger partial charge in [0.05, 0.1) is 22.3 Å². The van der Waals surface area contributed by atoms with Crippen LogP contribution < -0.4 is 10.3 Å². The molecule has 0 aliphatic heterocycles. The van der Waals surface area contributed by atoms with Crippen LogP contribution in [0.15, 0.2) is 59.8 Å². The number of carbonyl (C=O) groups excluding carboxylic acids is 1. The van der Waals surface area contributed by atoms with Gasteiger partial charge in [-0.1, -0.05) is 12.1 Å². The summed E-state index contributed by atoms with van der Waals surface area (Å²) in [6, 6.07) is 11.5.